The fourth-order valence-electron chi connectivity index (χ4n) is 2.35. The summed E-state index contributed by atoms with van der Waals surface area (Å²) in [4.78, 5) is 7.07. The van der Waals surface area contributed by atoms with Crippen molar-refractivity contribution in [3.63, 3.8) is 0 Å². The Balaban J connectivity index is 2.05. The summed E-state index contributed by atoms with van der Waals surface area (Å²) < 4.78 is 0. The summed E-state index contributed by atoms with van der Waals surface area (Å²) in [5, 5.41) is 0. The quantitative estimate of drug-likeness (QED) is 0.738. The number of rotatable bonds is 1. The molecule has 2 heteroatoms. The molecule has 2 nitrogen and oxygen atoms in total. The van der Waals surface area contributed by atoms with E-state index >= 15 is 0 Å². The first kappa shape index (κ1) is 11.0. The van der Waals surface area contributed by atoms with Crippen LogP contribution in [-0.4, -0.2) is 19.3 Å². The smallest absolute Gasteiger partial charge is 0.0633 e. The Labute approximate surface area is 108 Å². The van der Waals surface area contributed by atoms with Gasteiger partial charge in [0.1, 0.15) is 0 Å². The van der Waals surface area contributed by atoms with Gasteiger partial charge in [-0.25, -0.2) is 0 Å². The highest BCUT2D eigenvalue weighted by Gasteiger charge is 2.18. The summed E-state index contributed by atoms with van der Waals surface area (Å²) in [6.45, 7) is 1.03. The number of fused-ring (bicyclic) bond motifs is 1. The van der Waals surface area contributed by atoms with Crippen molar-refractivity contribution >= 4 is 17.1 Å². The fourth-order valence-corrected chi connectivity index (χ4v) is 2.35. The number of hydrogen-bond donors (Lipinski definition) is 0. The lowest BCUT2D eigenvalue weighted by Gasteiger charge is -2.28. The molecule has 1 aliphatic heterocycles. The van der Waals surface area contributed by atoms with Crippen molar-refractivity contribution in [2.24, 2.45) is 4.99 Å². The first-order valence-electron chi connectivity index (χ1n) is 6.28. The van der Waals surface area contributed by atoms with Gasteiger partial charge in [-0.1, -0.05) is 36.4 Å². The zero-order valence-corrected chi connectivity index (χ0v) is 10.5. The predicted octanol–water partition coefficient (Wildman–Crippen LogP) is 3.65. The third-order valence-corrected chi connectivity index (χ3v) is 3.33. The Morgan fingerprint density at radius 1 is 0.944 bits per heavy atom. The lowest BCUT2D eigenvalue weighted by Crippen LogP contribution is -2.28. The molecule has 0 bridgehead atoms. The minimum absolute atomic E-state index is 1.00. The molecule has 0 spiro atoms. The van der Waals surface area contributed by atoms with Crippen LogP contribution in [0.5, 0.6) is 0 Å². The van der Waals surface area contributed by atoms with E-state index in [-0.39, 0.29) is 0 Å². The van der Waals surface area contributed by atoms with Crippen LogP contribution in [0.1, 0.15) is 12.0 Å². The molecule has 0 saturated heterocycles. The molecule has 3 rings (SSSR count). The van der Waals surface area contributed by atoms with Crippen molar-refractivity contribution in [3.8, 4) is 0 Å². The molecule has 90 valence electrons. The number of anilines is 1. The lowest BCUT2D eigenvalue weighted by molar-refractivity contribution is 0.897. The highest BCUT2D eigenvalue weighted by Crippen LogP contribution is 2.27. The molecule has 18 heavy (non-hydrogen) atoms. The summed E-state index contributed by atoms with van der Waals surface area (Å²) in [6.07, 6.45) is 1.00. The maximum absolute atomic E-state index is 4.78. The SMILES string of the molecule is CN1CCC(=Nc2ccccc2)c2ccccc21. The van der Waals surface area contributed by atoms with E-state index in [9.17, 15) is 0 Å². The third kappa shape index (κ3) is 2.02. The third-order valence-electron chi connectivity index (χ3n) is 3.33. The van der Waals surface area contributed by atoms with Gasteiger partial charge in [0.2, 0.25) is 0 Å². The van der Waals surface area contributed by atoms with E-state index in [2.05, 4.69) is 36.2 Å². The van der Waals surface area contributed by atoms with Crippen molar-refractivity contribution in [1.29, 1.82) is 0 Å². The average molecular weight is 236 g/mol. The minimum atomic E-state index is 1.00. The Morgan fingerprint density at radius 3 is 2.50 bits per heavy atom. The van der Waals surface area contributed by atoms with E-state index in [0.29, 0.717) is 0 Å². The van der Waals surface area contributed by atoms with Crippen molar-refractivity contribution in [1.82, 2.24) is 0 Å². The molecule has 0 unspecified atom stereocenters. The van der Waals surface area contributed by atoms with E-state index in [0.717, 1.165) is 18.7 Å². The standard InChI is InChI=1S/C16H16N2/c1-18-12-11-15(14-9-5-6-10-16(14)18)17-13-7-3-2-4-8-13/h2-10H,11-12H2,1H3. The number of benzene rings is 2. The van der Waals surface area contributed by atoms with Gasteiger partial charge in [0.15, 0.2) is 0 Å². The molecule has 0 radical (unpaired) electrons. The van der Waals surface area contributed by atoms with Gasteiger partial charge in [-0.15, -0.1) is 0 Å². The van der Waals surface area contributed by atoms with Crippen LogP contribution in [0, 0.1) is 0 Å². The molecule has 0 aliphatic carbocycles. The van der Waals surface area contributed by atoms with Crippen LogP contribution in [0.25, 0.3) is 0 Å². The molecule has 1 aliphatic rings. The summed E-state index contributed by atoms with van der Waals surface area (Å²) in [6, 6.07) is 18.7. The van der Waals surface area contributed by atoms with E-state index in [1.54, 1.807) is 0 Å². The first-order chi connectivity index (χ1) is 8.84. The highest BCUT2D eigenvalue weighted by atomic mass is 15.1. The number of nitrogens with zero attached hydrogens (tertiary/aromatic N) is 2. The molecule has 0 fully saturated rings. The van der Waals surface area contributed by atoms with E-state index in [1.807, 2.05) is 30.3 Å². The van der Waals surface area contributed by atoms with Crippen LogP contribution in [0.3, 0.4) is 0 Å². The van der Waals surface area contributed by atoms with Crippen molar-refractivity contribution in [3.05, 3.63) is 60.2 Å². The minimum Gasteiger partial charge on any atom is -0.374 e. The molecule has 2 aromatic rings. The molecule has 0 aromatic heterocycles. The van der Waals surface area contributed by atoms with Gasteiger partial charge in [-0.3, -0.25) is 4.99 Å². The number of hydrogen-bond acceptors (Lipinski definition) is 2. The molecule has 2 aromatic carbocycles. The summed E-state index contributed by atoms with van der Waals surface area (Å²) >= 11 is 0. The fraction of sp³-hybridized carbons (Fsp3) is 0.188. The van der Waals surface area contributed by atoms with Crippen LogP contribution in [0.4, 0.5) is 11.4 Å². The van der Waals surface area contributed by atoms with Crippen molar-refractivity contribution in [2.75, 3.05) is 18.5 Å². The second-order valence-corrected chi connectivity index (χ2v) is 4.58. The normalized spacial score (nSPS) is 16.7. The second kappa shape index (κ2) is 4.65. The molecule has 0 saturated carbocycles. The maximum atomic E-state index is 4.78. The first-order valence-corrected chi connectivity index (χ1v) is 6.28. The van der Waals surface area contributed by atoms with Crippen LogP contribution in [0.2, 0.25) is 0 Å². The maximum Gasteiger partial charge on any atom is 0.0633 e. The van der Waals surface area contributed by atoms with Crippen LogP contribution in [0.15, 0.2) is 59.6 Å². The Bertz CT molecular complexity index is 573. The Hall–Kier alpha value is -2.09. The Kier molecular flexibility index (Phi) is 2.85. The predicted molar refractivity (Wildman–Crippen MR) is 77.0 cm³/mol. The van der Waals surface area contributed by atoms with Crippen molar-refractivity contribution < 1.29 is 0 Å². The van der Waals surface area contributed by atoms with Crippen molar-refractivity contribution in [2.45, 2.75) is 6.42 Å². The van der Waals surface area contributed by atoms with Gasteiger partial charge in [-0.2, -0.15) is 0 Å². The largest absolute Gasteiger partial charge is 0.374 e. The molecular weight excluding hydrogens is 220 g/mol. The monoisotopic (exact) mass is 236 g/mol. The molecule has 0 amide bonds. The van der Waals surface area contributed by atoms with Crippen LogP contribution < -0.4 is 4.90 Å². The van der Waals surface area contributed by atoms with Gasteiger partial charge in [0.25, 0.3) is 0 Å². The molecule has 0 N–H and O–H groups in total. The van der Waals surface area contributed by atoms with Gasteiger partial charge in [0.05, 0.1) is 11.4 Å². The van der Waals surface area contributed by atoms with Gasteiger partial charge in [-0.05, 0) is 18.2 Å². The van der Waals surface area contributed by atoms with Gasteiger partial charge in [0, 0.05) is 31.3 Å². The number of aliphatic imine (C=N–C) groups is 1. The lowest BCUT2D eigenvalue weighted by atomic mass is 10.00. The van der Waals surface area contributed by atoms with Gasteiger partial charge < -0.3 is 4.90 Å². The Morgan fingerprint density at radius 2 is 1.67 bits per heavy atom. The second-order valence-electron chi connectivity index (χ2n) is 4.58. The molecular formula is C16H16N2. The zero-order chi connectivity index (χ0) is 12.4. The van der Waals surface area contributed by atoms with Gasteiger partial charge >= 0.3 is 0 Å². The highest BCUT2D eigenvalue weighted by molar-refractivity contribution is 6.08. The van der Waals surface area contributed by atoms with E-state index < -0.39 is 0 Å². The summed E-state index contributed by atoms with van der Waals surface area (Å²) in [7, 11) is 2.14. The van der Waals surface area contributed by atoms with E-state index in [4.69, 9.17) is 4.99 Å². The summed E-state index contributed by atoms with van der Waals surface area (Å²) in [5.74, 6) is 0. The number of para-hydroxylation sites is 2. The average Bonchev–Trinajstić information content (AvgIpc) is 2.44. The topological polar surface area (TPSA) is 15.6 Å². The van der Waals surface area contributed by atoms with Crippen LogP contribution in [-0.2, 0) is 0 Å². The molecule has 0 atom stereocenters. The molecule has 1 heterocycles. The van der Waals surface area contributed by atoms with E-state index in [1.165, 1.54) is 17.0 Å². The zero-order valence-electron chi connectivity index (χ0n) is 10.5. The summed E-state index contributed by atoms with van der Waals surface area (Å²) in [5.41, 5.74) is 4.76. The van der Waals surface area contributed by atoms with Crippen LogP contribution >= 0.6 is 0 Å².